The van der Waals surface area contributed by atoms with Crippen LogP contribution in [0.4, 0.5) is 4.39 Å². The molecular weight excluding hydrogens is 349 g/mol. The van der Waals surface area contributed by atoms with Crippen molar-refractivity contribution in [3.8, 4) is 0 Å². The van der Waals surface area contributed by atoms with E-state index in [4.69, 9.17) is 0 Å². The van der Waals surface area contributed by atoms with Gasteiger partial charge in [-0.3, -0.25) is 0 Å². The third-order valence-corrected chi connectivity index (χ3v) is 5.57. The number of benzene rings is 2. The number of hydrogen-bond acceptors (Lipinski definition) is 2. The van der Waals surface area contributed by atoms with Crippen LogP contribution in [-0.4, -0.2) is 7.05 Å². The van der Waals surface area contributed by atoms with Gasteiger partial charge in [-0.25, -0.2) is 4.39 Å². The first kappa shape index (κ1) is 14.7. The molecule has 3 rings (SSSR count). The van der Waals surface area contributed by atoms with Crippen LogP contribution in [0.5, 0.6) is 0 Å². The van der Waals surface area contributed by atoms with Gasteiger partial charge in [-0.05, 0) is 54.8 Å². The number of rotatable bonds is 4. The van der Waals surface area contributed by atoms with Crippen molar-refractivity contribution >= 4 is 37.4 Å². The second-order valence-electron chi connectivity index (χ2n) is 4.97. The van der Waals surface area contributed by atoms with E-state index in [1.807, 2.05) is 7.05 Å². The van der Waals surface area contributed by atoms with Crippen LogP contribution >= 0.6 is 27.3 Å². The van der Waals surface area contributed by atoms with Crippen LogP contribution in [-0.2, 0) is 6.42 Å². The molecule has 1 atom stereocenters. The summed E-state index contributed by atoms with van der Waals surface area (Å²) in [5.74, 6) is -0.195. The zero-order valence-electron chi connectivity index (χ0n) is 11.6. The molecule has 0 aliphatic carbocycles. The average Bonchev–Trinajstić information content (AvgIpc) is 2.91. The molecular formula is C17H15BrFNS. The highest BCUT2D eigenvalue weighted by molar-refractivity contribution is 9.10. The SMILES string of the molecule is CNC(Cc1cc(F)ccc1Br)c1cc2ccccc2s1. The van der Waals surface area contributed by atoms with Gasteiger partial charge in [0, 0.05) is 20.1 Å². The Morgan fingerprint density at radius 1 is 1.19 bits per heavy atom. The van der Waals surface area contributed by atoms with Crippen LogP contribution in [0.25, 0.3) is 10.1 Å². The maximum Gasteiger partial charge on any atom is 0.123 e. The number of thiophene rings is 1. The van der Waals surface area contributed by atoms with Gasteiger partial charge < -0.3 is 5.32 Å². The molecule has 0 amide bonds. The van der Waals surface area contributed by atoms with Crippen molar-refractivity contribution in [2.24, 2.45) is 0 Å². The van der Waals surface area contributed by atoms with Crippen molar-refractivity contribution in [2.75, 3.05) is 7.05 Å². The quantitative estimate of drug-likeness (QED) is 0.662. The third kappa shape index (κ3) is 3.18. The lowest BCUT2D eigenvalue weighted by Crippen LogP contribution is -2.18. The van der Waals surface area contributed by atoms with E-state index in [2.05, 4.69) is 51.6 Å². The standard InChI is InChI=1S/C17H15BrFNS/c1-20-15(9-12-8-13(19)6-7-14(12)18)17-10-11-4-2-3-5-16(11)21-17/h2-8,10,15,20H,9H2,1H3. The summed E-state index contributed by atoms with van der Waals surface area (Å²) in [5.41, 5.74) is 0.979. The van der Waals surface area contributed by atoms with Gasteiger partial charge >= 0.3 is 0 Å². The van der Waals surface area contributed by atoms with Crippen molar-refractivity contribution < 1.29 is 4.39 Å². The van der Waals surface area contributed by atoms with Gasteiger partial charge in [0.1, 0.15) is 5.82 Å². The van der Waals surface area contributed by atoms with Crippen molar-refractivity contribution in [3.63, 3.8) is 0 Å². The van der Waals surface area contributed by atoms with Gasteiger partial charge in [0.05, 0.1) is 0 Å². The smallest absolute Gasteiger partial charge is 0.123 e. The Balaban J connectivity index is 1.92. The van der Waals surface area contributed by atoms with Gasteiger partial charge in [0.25, 0.3) is 0 Å². The van der Waals surface area contributed by atoms with Crippen molar-refractivity contribution in [2.45, 2.75) is 12.5 Å². The molecule has 0 spiro atoms. The minimum atomic E-state index is -0.195. The van der Waals surface area contributed by atoms with Crippen LogP contribution in [0.15, 0.2) is 53.0 Å². The lowest BCUT2D eigenvalue weighted by molar-refractivity contribution is 0.591. The summed E-state index contributed by atoms with van der Waals surface area (Å²) < 4.78 is 15.7. The van der Waals surface area contributed by atoms with E-state index < -0.39 is 0 Å². The molecule has 0 aliphatic heterocycles. The van der Waals surface area contributed by atoms with Gasteiger partial charge in [-0.2, -0.15) is 0 Å². The summed E-state index contributed by atoms with van der Waals surface area (Å²) in [6.45, 7) is 0. The minimum absolute atomic E-state index is 0.181. The molecule has 0 aliphatic rings. The molecule has 0 saturated heterocycles. The Bertz CT molecular complexity index is 735. The molecule has 0 saturated carbocycles. The molecule has 4 heteroatoms. The predicted octanol–water partition coefficient (Wildman–Crippen LogP) is 5.31. The normalized spacial score (nSPS) is 12.7. The number of hydrogen-bond donors (Lipinski definition) is 1. The van der Waals surface area contributed by atoms with Gasteiger partial charge in [0.2, 0.25) is 0 Å². The van der Waals surface area contributed by atoms with E-state index in [1.165, 1.54) is 21.0 Å². The molecule has 108 valence electrons. The van der Waals surface area contributed by atoms with E-state index >= 15 is 0 Å². The Hall–Kier alpha value is -1.23. The van der Waals surface area contributed by atoms with E-state index in [1.54, 1.807) is 23.5 Å². The Kier molecular flexibility index (Phi) is 4.38. The number of fused-ring (bicyclic) bond motifs is 1. The van der Waals surface area contributed by atoms with E-state index in [0.717, 1.165) is 16.5 Å². The Morgan fingerprint density at radius 2 is 2.00 bits per heavy atom. The highest BCUT2D eigenvalue weighted by atomic mass is 79.9. The van der Waals surface area contributed by atoms with Crippen LogP contribution in [0.2, 0.25) is 0 Å². The summed E-state index contributed by atoms with van der Waals surface area (Å²) in [6, 6.07) is 15.6. The maximum atomic E-state index is 13.4. The molecule has 0 radical (unpaired) electrons. The molecule has 1 nitrogen and oxygen atoms in total. The first-order chi connectivity index (χ1) is 10.2. The molecule has 1 unspecified atom stereocenters. The van der Waals surface area contributed by atoms with E-state index in [-0.39, 0.29) is 11.9 Å². The molecule has 21 heavy (non-hydrogen) atoms. The molecule has 2 aromatic carbocycles. The summed E-state index contributed by atoms with van der Waals surface area (Å²) in [5, 5.41) is 4.60. The Morgan fingerprint density at radius 3 is 2.76 bits per heavy atom. The zero-order valence-corrected chi connectivity index (χ0v) is 14.0. The second kappa shape index (κ2) is 6.26. The first-order valence-electron chi connectivity index (χ1n) is 6.77. The van der Waals surface area contributed by atoms with Crippen molar-refractivity contribution in [1.82, 2.24) is 5.32 Å². The van der Waals surface area contributed by atoms with Gasteiger partial charge in [-0.15, -0.1) is 11.3 Å². The third-order valence-electron chi connectivity index (χ3n) is 3.57. The molecule has 0 fully saturated rings. The minimum Gasteiger partial charge on any atom is -0.312 e. The monoisotopic (exact) mass is 363 g/mol. The lowest BCUT2D eigenvalue weighted by Gasteiger charge is -2.15. The lowest BCUT2D eigenvalue weighted by atomic mass is 10.0. The number of nitrogens with one attached hydrogen (secondary N) is 1. The molecule has 3 aromatic rings. The van der Waals surface area contributed by atoms with Crippen LogP contribution in [0.3, 0.4) is 0 Å². The first-order valence-corrected chi connectivity index (χ1v) is 8.38. The fourth-order valence-electron chi connectivity index (χ4n) is 2.44. The summed E-state index contributed by atoms with van der Waals surface area (Å²) in [4.78, 5) is 1.27. The fraction of sp³-hybridized carbons (Fsp3) is 0.176. The highest BCUT2D eigenvalue weighted by Gasteiger charge is 2.15. The topological polar surface area (TPSA) is 12.0 Å². The fourth-order valence-corrected chi connectivity index (χ4v) is 4.02. The number of halogens is 2. The predicted molar refractivity (Wildman–Crippen MR) is 91.4 cm³/mol. The summed E-state index contributed by atoms with van der Waals surface area (Å²) >= 11 is 5.29. The van der Waals surface area contributed by atoms with Gasteiger partial charge in [-0.1, -0.05) is 34.1 Å². The average molecular weight is 364 g/mol. The number of likely N-dealkylation sites (N-methyl/N-ethyl adjacent to an activating group) is 1. The second-order valence-corrected chi connectivity index (χ2v) is 6.94. The van der Waals surface area contributed by atoms with Crippen LogP contribution in [0.1, 0.15) is 16.5 Å². The maximum absolute atomic E-state index is 13.4. The molecule has 1 aromatic heterocycles. The summed E-state index contributed by atoms with van der Waals surface area (Å²) in [7, 11) is 1.95. The van der Waals surface area contributed by atoms with Crippen LogP contribution < -0.4 is 5.32 Å². The van der Waals surface area contributed by atoms with Crippen molar-refractivity contribution in [1.29, 1.82) is 0 Å². The zero-order chi connectivity index (χ0) is 14.8. The van der Waals surface area contributed by atoms with E-state index in [0.29, 0.717) is 0 Å². The largest absolute Gasteiger partial charge is 0.312 e. The van der Waals surface area contributed by atoms with Crippen molar-refractivity contribution in [3.05, 3.63) is 69.3 Å². The summed E-state index contributed by atoms with van der Waals surface area (Å²) in [6.07, 6.45) is 0.752. The highest BCUT2D eigenvalue weighted by Crippen LogP contribution is 2.32. The van der Waals surface area contributed by atoms with Gasteiger partial charge in [0.15, 0.2) is 0 Å². The van der Waals surface area contributed by atoms with E-state index in [9.17, 15) is 4.39 Å². The molecule has 1 N–H and O–H groups in total. The molecule has 0 bridgehead atoms. The van der Waals surface area contributed by atoms with Crippen LogP contribution in [0, 0.1) is 5.82 Å². The Labute approximate surface area is 135 Å². The molecule has 1 heterocycles.